The quantitative estimate of drug-likeness (QED) is 0.501. The summed E-state index contributed by atoms with van der Waals surface area (Å²) in [6, 6.07) is 15.1. The number of hydrogen-bond acceptors (Lipinski definition) is 4. The lowest BCUT2D eigenvalue weighted by molar-refractivity contribution is -0.123. The van der Waals surface area contributed by atoms with Crippen LogP contribution in [-0.2, 0) is 11.2 Å². The summed E-state index contributed by atoms with van der Waals surface area (Å²) in [6.07, 6.45) is 9.57. The van der Waals surface area contributed by atoms with Crippen molar-refractivity contribution in [1.82, 2.24) is 24.9 Å². The van der Waals surface area contributed by atoms with Crippen LogP contribution in [0.1, 0.15) is 48.2 Å². The van der Waals surface area contributed by atoms with Gasteiger partial charge in [-0.1, -0.05) is 42.8 Å². The van der Waals surface area contributed by atoms with Crippen LogP contribution in [0.15, 0.2) is 60.9 Å². The number of imidazole rings is 1. The Morgan fingerprint density at radius 2 is 1.79 bits per heavy atom. The molecule has 1 aliphatic rings. The van der Waals surface area contributed by atoms with Crippen molar-refractivity contribution < 1.29 is 9.59 Å². The summed E-state index contributed by atoms with van der Waals surface area (Å²) in [6.45, 7) is 3.75. The van der Waals surface area contributed by atoms with Crippen LogP contribution in [0.3, 0.4) is 0 Å². The molecule has 7 heteroatoms. The Morgan fingerprint density at radius 1 is 1.00 bits per heavy atom. The Labute approximate surface area is 195 Å². The molecule has 2 aromatic heterocycles. The summed E-state index contributed by atoms with van der Waals surface area (Å²) in [4.78, 5) is 32.7. The fraction of sp³-hybridized carbons (Fsp3) is 0.423. The van der Waals surface area contributed by atoms with E-state index in [0.717, 1.165) is 32.5 Å². The predicted octanol–water partition coefficient (Wildman–Crippen LogP) is 3.06. The molecular formula is C26H33N5O2. The van der Waals surface area contributed by atoms with Crippen molar-refractivity contribution in [2.45, 2.75) is 44.6 Å². The number of piperidine rings is 1. The van der Waals surface area contributed by atoms with Gasteiger partial charge >= 0.3 is 0 Å². The van der Waals surface area contributed by atoms with Crippen molar-refractivity contribution in [2.75, 3.05) is 26.2 Å². The molecule has 1 aliphatic heterocycles. The minimum Gasteiger partial charge on any atom is -0.354 e. The topological polar surface area (TPSA) is 78.7 Å². The summed E-state index contributed by atoms with van der Waals surface area (Å²) >= 11 is 0. The summed E-state index contributed by atoms with van der Waals surface area (Å²) in [7, 11) is 0. The first-order chi connectivity index (χ1) is 16.2. The molecule has 0 aliphatic carbocycles. The first kappa shape index (κ1) is 23.0. The van der Waals surface area contributed by atoms with E-state index < -0.39 is 6.04 Å². The lowest BCUT2D eigenvalue weighted by Gasteiger charge is -2.27. The lowest BCUT2D eigenvalue weighted by Crippen LogP contribution is -2.47. The van der Waals surface area contributed by atoms with Crippen molar-refractivity contribution in [2.24, 2.45) is 0 Å². The maximum Gasteiger partial charge on any atom is 0.272 e. The van der Waals surface area contributed by atoms with E-state index >= 15 is 0 Å². The van der Waals surface area contributed by atoms with Crippen LogP contribution >= 0.6 is 0 Å². The van der Waals surface area contributed by atoms with E-state index in [-0.39, 0.29) is 11.8 Å². The number of nitrogens with zero attached hydrogens (tertiary/aromatic N) is 3. The Bertz CT molecular complexity index is 1010. The van der Waals surface area contributed by atoms with Crippen molar-refractivity contribution in [3.63, 3.8) is 0 Å². The third-order valence-electron chi connectivity index (χ3n) is 6.19. The van der Waals surface area contributed by atoms with Crippen molar-refractivity contribution in [1.29, 1.82) is 0 Å². The maximum absolute atomic E-state index is 13.0. The second-order valence-corrected chi connectivity index (χ2v) is 8.69. The zero-order valence-corrected chi connectivity index (χ0v) is 19.1. The first-order valence-electron chi connectivity index (χ1n) is 12.0. The first-order valence-corrected chi connectivity index (χ1v) is 12.0. The SMILES string of the molecule is O=C(N[C@@H](CCCN1CCCCC1)C(=O)NCCc1ccccc1)c1cn2ccccc2n1. The van der Waals surface area contributed by atoms with E-state index in [2.05, 4.69) is 20.5 Å². The van der Waals surface area contributed by atoms with Crippen LogP contribution < -0.4 is 10.6 Å². The Balaban J connectivity index is 1.35. The van der Waals surface area contributed by atoms with Gasteiger partial charge in [0, 0.05) is 18.9 Å². The number of pyridine rings is 1. The number of rotatable bonds is 10. The van der Waals surface area contributed by atoms with Crippen LogP contribution in [0.2, 0.25) is 0 Å². The molecule has 0 spiro atoms. The molecule has 33 heavy (non-hydrogen) atoms. The van der Waals surface area contributed by atoms with Gasteiger partial charge in [-0.15, -0.1) is 0 Å². The Kier molecular flexibility index (Phi) is 8.09. The standard InChI is InChI=1S/C26H33N5O2/c32-25(27-15-14-21-10-3-1-4-11-21)22(12-9-18-30-16-6-2-7-17-30)29-26(33)23-20-31-19-8-5-13-24(31)28-23/h1,3-5,8,10-11,13,19-20,22H,2,6-7,9,12,14-18H2,(H,27,32)(H,29,33)/t22-/m0/s1. The zero-order chi connectivity index (χ0) is 22.9. The van der Waals surface area contributed by atoms with Crippen LogP contribution in [0.5, 0.6) is 0 Å². The number of nitrogens with one attached hydrogen (secondary N) is 2. The monoisotopic (exact) mass is 447 g/mol. The highest BCUT2D eigenvalue weighted by molar-refractivity contribution is 5.96. The minimum absolute atomic E-state index is 0.137. The molecule has 0 saturated carbocycles. The molecule has 0 radical (unpaired) electrons. The van der Waals surface area contributed by atoms with Crippen LogP contribution in [0, 0.1) is 0 Å². The van der Waals surface area contributed by atoms with Gasteiger partial charge in [-0.3, -0.25) is 9.59 Å². The van der Waals surface area contributed by atoms with E-state index in [4.69, 9.17) is 0 Å². The molecule has 3 aromatic rings. The molecule has 2 amide bonds. The smallest absolute Gasteiger partial charge is 0.272 e. The molecule has 0 unspecified atom stereocenters. The second-order valence-electron chi connectivity index (χ2n) is 8.69. The molecular weight excluding hydrogens is 414 g/mol. The Hall–Kier alpha value is -3.19. The fourth-order valence-electron chi connectivity index (χ4n) is 4.34. The molecule has 2 N–H and O–H groups in total. The van der Waals surface area contributed by atoms with E-state index in [0.29, 0.717) is 24.3 Å². The number of amides is 2. The fourth-order valence-corrected chi connectivity index (χ4v) is 4.34. The summed E-state index contributed by atoms with van der Waals surface area (Å²) in [5.41, 5.74) is 2.20. The molecule has 7 nitrogen and oxygen atoms in total. The van der Waals surface area contributed by atoms with Crippen LogP contribution in [-0.4, -0.2) is 58.3 Å². The van der Waals surface area contributed by atoms with Gasteiger partial charge in [-0.2, -0.15) is 0 Å². The van der Waals surface area contributed by atoms with Gasteiger partial charge in [-0.25, -0.2) is 4.98 Å². The van der Waals surface area contributed by atoms with E-state index in [9.17, 15) is 9.59 Å². The van der Waals surface area contributed by atoms with Crippen LogP contribution in [0.4, 0.5) is 0 Å². The lowest BCUT2D eigenvalue weighted by atomic mass is 10.1. The average Bonchev–Trinajstić information content (AvgIpc) is 3.29. The van der Waals surface area contributed by atoms with Gasteiger partial charge in [0.05, 0.1) is 0 Å². The van der Waals surface area contributed by atoms with Gasteiger partial charge in [0.2, 0.25) is 5.91 Å². The molecule has 0 bridgehead atoms. The number of fused-ring (bicyclic) bond motifs is 1. The molecule has 1 aromatic carbocycles. The van der Waals surface area contributed by atoms with E-state index in [1.807, 2.05) is 54.7 Å². The number of likely N-dealkylation sites (tertiary alicyclic amines) is 1. The molecule has 174 valence electrons. The number of carbonyl (C=O) groups is 2. The maximum atomic E-state index is 13.0. The molecule has 1 fully saturated rings. The highest BCUT2D eigenvalue weighted by atomic mass is 16.2. The minimum atomic E-state index is -0.581. The average molecular weight is 448 g/mol. The Morgan fingerprint density at radius 3 is 2.58 bits per heavy atom. The third kappa shape index (κ3) is 6.65. The summed E-state index contributed by atoms with van der Waals surface area (Å²) < 4.78 is 1.81. The molecule has 1 atom stereocenters. The van der Waals surface area contributed by atoms with Gasteiger partial charge in [0.15, 0.2) is 0 Å². The highest BCUT2D eigenvalue weighted by Crippen LogP contribution is 2.11. The second kappa shape index (κ2) is 11.6. The van der Waals surface area contributed by atoms with Crippen LogP contribution in [0.25, 0.3) is 5.65 Å². The number of aromatic nitrogens is 2. The van der Waals surface area contributed by atoms with Crippen molar-refractivity contribution >= 4 is 17.5 Å². The van der Waals surface area contributed by atoms with Gasteiger partial charge in [0.25, 0.3) is 5.91 Å². The summed E-state index contributed by atoms with van der Waals surface area (Å²) in [5, 5.41) is 5.95. The van der Waals surface area contributed by atoms with Gasteiger partial charge < -0.3 is 19.9 Å². The van der Waals surface area contributed by atoms with E-state index in [1.54, 1.807) is 10.6 Å². The highest BCUT2D eigenvalue weighted by Gasteiger charge is 2.23. The van der Waals surface area contributed by atoms with E-state index in [1.165, 1.54) is 24.8 Å². The third-order valence-corrected chi connectivity index (χ3v) is 6.19. The zero-order valence-electron chi connectivity index (χ0n) is 19.1. The number of carbonyl (C=O) groups excluding carboxylic acids is 2. The number of hydrogen-bond donors (Lipinski definition) is 2. The molecule has 4 rings (SSSR count). The number of benzene rings is 1. The largest absolute Gasteiger partial charge is 0.354 e. The van der Waals surface area contributed by atoms with Crippen molar-refractivity contribution in [3.05, 3.63) is 72.2 Å². The van der Waals surface area contributed by atoms with Gasteiger partial charge in [0.1, 0.15) is 17.4 Å². The summed E-state index contributed by atoms with van der Waals surface area (Å²) in [5.74, 6) is -0.457. The molecule has 1 saturated heterocycles. The predicted molar refractivity (Wildman–Crippen MR) is 129 cm³/mol. The van der Waals surface area contributed by atoms with Gasteiger partial charge in [-0.05, 0) is 69.4 Å². The normalized spacial score (nSPS) is 15.3. The van der Waals surface area contributed by atoms with Crippen molar-refractivity contribution in [3.8, 4) is 0 Å². The molecule has 3 heterocycles.